The predicted molar refractivity (Wildman–Crippen MR) is 63.5 cm³/mol. The quantitative estimate of drug-likeness (QED) is 0.793. The number of phenols is 1. The fraction of sp³-hybridized carbons (Fsp3) is 0.308. The number of hydrogen-bond donors (Lipinski definition) is 1. The molecule has 86 valence electrons. The minimum Gasteiger partial charge on any atom is -0.504 e. The molecule has 0 atom stereocenters. The van der Waals surface area contributed by atoms with Crippen LogP contribution < -0.4 is 4.74 Å². The average Bonchev–Trinajstić information content (AvgIpc) is 2.27. The van der Waals surface area contributed by atoms with Gasteiger partial charge in [-0.25, -0.2) is 0 Å². The summed E-state index contributed by atoms with van der Waals surface area (Å²) < 4.78 is 4.97. The van der Waals surface area contributed by atoms with E-state index in [4.69, 9.17) is 4.74 Å². The maximum absolute atomic E-state index is 11.4. The van der Waals surface area contributed by atoms with Crippen molar-refractivity contribution in [2.45, 2.75) is 13.8 Å². The highest BCUT2D eigenvalue weighted by atomic mass is 16.5. The van der Waals surface area contributed by atoms with E-state index >= 15 is 0 Å². The van der Waals surface area contributed by atoms with Crippen LogP contribution in [0.3, 0.4) is 0 Å². The molecule has 0 fully saturated rings. The summed E-state index contributed by atoms with van der Waals surface area (Å²) in [6.45, 7) is 3.70. The van der Waals surface area contributed by atoms with Gasteiger partial charge in [-0.15, -0.1) is 0 Å². The van der Waals surface area contributed by atoms with Crippen molar-refractivity contribution in [3.63, 3.8) is 0 Å². The molecule has 1 N–H and O–H groups in total. The summed E-state index contributed by atoms with van der Waals surface area (Å²) in [4.78, 5) is 11.4. The van der Waals surface area contributed by atoms with Gasteiger partial charge in [0, 0.05) is 5.92 Å². The summed E-state index contributed by atoms with van der Waals surface area (Å²) in [6.07, 6.45) is 3.25. The Morgan fingerprint density at radius 1 is 1.44 bits per heavy atom. The van der Waals surface area contributed by atoms with E-state index in [0.29, 0.717) is 5.75 Å². The third-order valence-electron chi connectivity index (χ3n) is 2.21. The van der Waals surface area contributed by atoms with Crippen LogP contribution in [-0.2, 0) is 4.79 Å². The van der Waals surface area contributed by atoms with Crippen molar-refractivity contribution in [1.29, 1.82) is 0 Å². The Bertz CT molecular complexity index is 406. The van der Waals surface area contributed by atoms with Gasteiger partial charge >= 0.3 is 0 Å². The first kappa shape index (κ1) is 12.3. The average molecular weight is 220 g/mol. The number of ketones is 1. The highest BCUT2D eigenvalue weighted by Crippen LogP contribution is 2.26. The molecule has 0 spiro atoms. The Morgan fingerprint density at radius 3 is 2.69 bits per heavy atom. The van der Waals surface area contributed by atoms with Crippen LogP contribution in [-0.4, -0.2) is 18.0 Å². The van der Waals surface area contributed by atoms with Crippen molar-refractivity contribution in [3.8, 4) is 11.5 Å². The second-order valence-corrected chi connectivity index (χ2v) is 3.82. The fourth-order valence-corrected chi connectivity index (χ4v) is 1.17. The minimum absolute atomic E-state index is 0.00439. The van der Waals surface area contributed by atoms with Gasteiger partial charge in [0.15, 0.2) is 17.3 Å². The molecule has 0 aliphatic carbocycles. The van der Waals surface area contributed by atoms with Crippen LogP contribution in [0.5, 0.6) is 11.5 Å². The van der Waals surface area contributed by atoms with Crippen LogP contribution in [0.4, 0.5) is 0 Å². The number of rotatable bonds is 4. The van der Waals surface area contributed by atoms with Gasteiger partial charge < -0.3 is 9.84 Å². The van der Waals surface area contributed by atoms with Crippen molar-refractivity contribution in [1.82, 2.24) is 0 Å². The lowest BCUT2D eigenvalue weighted by atomic mass is 10.1. The lowest BCUT2D eigenvalue weighted by Crippen LogP contribution is -2.01. The second kappa shape index (κ2) is 5.35. The number of carbonyl (C=O) groups is 1. The molecule has 3 heteroatoms. The number of phenolic OH excluding ortho intramolecular Hbond substituents is 1. The third-order valence-corrected chi connectivity index (χ3v) is 2.21. The highest BCUT2D eigenvalue weighted by molar-refractivity contribution is 5.94. The zero-order chi connectivity index (χ0) is 12.1. The number of carbonyl (C=O) groups excluding carboxylic acids is 1. The zero-order valence-corrected chi connectivity index (χ0v) is 9.73. The van der Waals surface area contributed by atoms with Crippen molar-refractivity contribution in [3.05, 3.63) is 29.8 Å². The predicted octanol–water partition coefficient (Wildman–Crippen LogP) is 2.64. The number of ether oxygens (including phenoxy) is 1. The van der Waals surface area contributed by atoms with Crippen LogP contribution in [0.25, 0.3) is 6.08 Å². The van der Waals surface area contributed by atoms with Crippen LogP contribution in [0, 0.1) is 5.92 Å². The van der Waals surface area contributed by atoms with E-state index in [1.807, 2.05) is 13.8 Å². The monoisotopic (exact) mass is 220 g/mol. The first-order valence-corrected chi connectivity index (χ1v) is 5.13. The molecule has 1 aromatic carbocycles. The van der Waals surface area contributed by atoms with Crippen LogP contribution in [0.15, 0.2) is 24.3 Å². The maximum Gasteiger partial charge on any atom is 0.161 e. The van der Waals surface area contributed by atoms with Crippen LogP contribution in [0.1, 0.15) is 19.4 Å². The molecular formula is C13H16O3. The molecule has 0 heterocycles. The van der Waals surface area contributed by atoms with Gasteiger partial charge in [-0.3, -0.25) is 4.79 Å². The molecule has 0 aromatic heterocycles. The molecule has 1 aromatic rings. The van der Waals surface area contributed by atoms with E-state index in [1.165, 1.54) is 13.2 Å². The van der Waals surface area contributed by atoms with E-state index in [2.05, 4.69) is 0 Å². The minimum atomic E-state index is -0.00439. The second-order valence-electron chi connectivity index (χ2n) is 3.82. The van der Waals surface area contributed by atoms with E-state index in [0.717, 1.165) is 5.56 Å². The van der Waals surface area contributed by atoms with E-state index in [1.54, 1.807) is 24.3 Å². The molecule has 0 saturated carbocycles. The van der Waals surface area contributed by atoms with Gasteiger partial charge in [0.2, 0.25) is 0 Å². The van der Waals surface area contributed by atoms with Gasteiger partial charge in [0.05, 0.1) is 7.11 Å². The lowest BCUT2D eigenvalue weighted by molar-refractivity contribution is -0.117. The van der Waals surface area contributed by atoms with E-state index in [9.17, 15) is 9.90 Å². The van der Waals surface area contributed by atoms with Crippen LogP contribution >= 0.6 is 0 Å². The summed E-state index contributed by atoms with van der Waals surface area (Å²) >= 11 is 0. The van der Waals surface area contributed by atoms with Crippen molar-refractivity contribution in [2.24, 2.45) is 5.92 Å². The smallest absolute Gasteiger partial charge is 0.161 e. The molecule has 0 unspecified atom stereocenters. The number of aromatic hydroxyl groups is 1. The van der Waals surface area contributed by atoms with E-state index < -0.39 is 0 Å². The van der Waals surface area contributed by atoms with E-state index in [-0.39, 0.29) is 17.5 Å². The fourth-order valence-electron chi connectivity index (χ4n) is 1.17. The van der Waals surface area contributed by atoms with Gasteiger partial charge in [0.1, 0.15) is 0 Å². The summed E-state index contributed by atoms with van der Waals surface area (Å²) in [6, 6.07) is 4.94. The Morgan fingerprint density at radius 2 is 2.12 bits per heavy atom. The SMILES string of the molecule is COc1cc(/C=C/C(=O)C(C)C)ccc1O. The highest BCUT2D eigenvalue weighted by Gasteiger charge is 2.03. The molecule has 1 rings (SSSR count). The van der Waals surface area contributed by atoms with Crippen molar-refractivity contribution < 1.29 is 14.6 Å². The zero-order valence-electron chi connectivity index (χ0n) is 9.73. The Labute approximate surface area is 95.4 Å². The molecule has 0 amide bonds. The molecule has 0 saturated heterocycles. The Hall–Kier alpha value is -1.77. The maximum atomic E-state index is 11.4. The molecule has 0 aliphatic heterocycles. The standard InChI is InChI=1S/C13H16O3/c1-9(2)11(14)6-4-10-5-7-12(15)13(8-10)16-3/h4-9,15H,1-3H3/b6-4+. The Balaban J connectivity index is 2.86. The van der Waals surface area contributed by atoms with Gasteiger partial charge in [-0.1, -0.05) is 26.0 Å². The number of benzene rings is 1. The van der Waals surface area contributed by atoms with Gasteiger partial charge in [-0.05, 0) is 23.8 Å². The van der Waals surface area contributed by atoms with Gasteiger partial charge in [0.25, 0.3) is 0 Å². The first-order chi connectivity index (χ1) is 7.54. The third kappa shape index (κ3) is 3.12. The summed E-state index contributed by atoms with van der Waals surface area (Å²) in [5, 5.41) is 9.38. The Kier molecular flexibility index (Phi) is 4.11. The lowest BCUT2D eigenvalue weighted by Gasteiger charge is -2.03. The van der Waals surface area contributed by atoms with Crippen molar-refractivity contribution in [2.75, 3.05) is 7.11 Å². The summed E-state index contributed by atoms with van der Waals surface area (Å²) in [7, 11) is 1.49. The topological polar surface area (TPSA) is 46.5 Å². The molecule has 3 nitrogen and oxygen atoms in total. The number of methoxy groups -OCH3 is 1. The molecule has 0 bridgehead atoms. The number of hydrogen-bond acceptors (Lipinski definition) is 3. The molecule has 0 aliphatic rings. The normalized spacial score (nSPS) is 11.0. The largest absolute Gasteiger partial charge is 0.504 e. The molecular weight excluding hydrogens is 204 g/mol. The summed E-state index contributed by atoms with van der Waals surface area (Å²) in [5.74, 6) is 0.566. The van der Waals surface area contributed by atoms with Crippen molar-refractivity contribution >= 4 is 11.9 Å². The van der Waals surface area contributed by atoms with Gasteiger partial charge in [-0.2, -0.15) is 0 Å². The number of allylic oxidation sites excluding steroid dienone is 1. The first-order valence-electron chi connectivity index (χ1n) is 5.13. The summed E-state index contributed by atoms with van der Waals surface area (Å²) in [5.41, 5.74) is 0.823. The molecule has 0 radical (unpaired) electrons. The van der Waals surface area contributed by atoms with Crippen LogP contribution in [0.2, 0.25) is 0 Å². The molecule has 16 heavy (non-hydrogen) atoms.